The average molecular weight is 608 g/mol. The first-order valence-corrected chi connectivity index (χ1v) is 14.3. The van der Waals surface area contributed by atoms with E-state index in [1.165, 1.54) is 11.8 Å². The molecule has 1 N–H and O–H groups in total. The number of halogens is 3. The van der Waals surface area contributed by atoms with E-state index < -0.39 is 6.04 Å². The second kappa shape index (κ2) is 14.1. The number of benzene rings is 3. The Hall–Kier alpha value is -1.99. The van der Waals surface area contributed by atoms with Crippen LogP contribution in [0, 0.1) is 0 Å². The SMILES string of the molecule is CC(C)NC(=O)[C@@H](Cc1ccccc1)N(Cc1cccc(Br)c1)C(=O)CSCc1ccc(Cl)c(Cl)c1. The van der Waals surface area contributed by atoms with Gasteiger partial charge < -0.3 is 10.2 Å². The van der Waals surface area contributed by atoms with E-state index in [2.05, 4.69) is 21.2 Å². The first kappa shape index (κ1) is 28.6. The number of thioether (sulfide) groups is 1. The first-order chi connectivity index (χ1) is 17.2. The van der Waals surface area contributed by atoms with Crippen LogP contribution in [0.3, 0.4) is 0 Å². The Balaban J connectivity index is 1.84. The molecule has 8 heteroatoms. The smallest absolute Gasteiger partial charge is 0.243 e. The van der Waals surface area contributed by atoms with Crippen LogP contribution in [0.4, 0.5) is 0 Å². The Morgan fingerprint density at radius 3 is 2.31 bits per heavy atom. The molecule has 36 heavy (non-hydrogen) atoms. The summed E-state index contributed by atoms with van der Waals surface area (Å²) in [4.78, 5) is 28.7. The van der Waals surface area contributed by atoms with Gasteiger partial charge in [0.15, 0.2) is 0 Å². The molecule has 0 saturated carbocycles. The number of amides is 2. The zero-order valence-corrected chi connectivity index (χ0v) is 24.1. The summed E-state index contributed by atoms with van der Waals surface area (Å²) in [5.74, 6) is 0.579. The van der Waals surface area contributed by atoms with E-state index in [0.29, 0.717) is 28.8 Å². The molecule has 1 atom stereocenters. The van der Waals surface area contributed by atoms with E-state index in [1.54, 1.807) is 11.0 Å². The molecule has 0 unspecified atom stereocenters. The van der Waals surface area contributed by atoms with Crippen LogP contribution in [0.25, 0.3) is 0 Å². The van der Waals surface area contributed by atoms with Gasteiger partial charge in [0.1, 0.15) is 6.04 Å². The van der Waals surface area contributed by atoms with Crippen LogP contribution in [0.15, 0.2) is 77.3 Å². The van der Waals surface area contributed by atoms with Gasteiger partial charge in [-0.2, -0.15) is 0 Å². The van der Waals surface area contributed by atoms with Crippen LogP contribution in [-0.4, -0.2) is 34.6 Å². The minimum atomic E-state index is -0.646. The molecule has 0 aromatic heterocycles. The first-order valence-electron chi connectivity index (χ1n) is 11.6. The molecule has 0 aliphatic heterocycles. The third kappa shape index (κ3) is 8.84. The van der Waals surface area contributed by atoms with Gasteiger partial charge in [0, 0.05) is 29.2 Å². The summed E-state index contributed by atoms with van der Waals surface area (Å²) in [6.45, 7) is 4.17. The highest BCUT2D eigenvalue weighted by Gasteiger charge is 2.30. The third-order valence-electron chi connectivity index (χ3n) is 5.42. The number of nitrogens with zero attached hydrogens (tertiary/aromatic N) is 1. The molecular weight excluding hydrogens is 579 g/mol. The van der Waals surface area contributed by atoms with Crippen molar-refractivity contribution in [2.24, 2.45) is 0 Å². The predicted molar refractivity (Wildman–Crippen MR) is 155 cm³/mol. The number of rotatable bonds is 11. The minimum absolute atomic E-state index is 0.0392. The molecule has 0 spiro atoms. The maximum Gasteiger partial charge on any atom is 0.243 e. The molecule has 3 rings (SSSR count). The van der Waals surface area contributed by atoms with E-state index in [9.17, 15) is 9.59 Å². The van der Waals surface area contributed by atoms with Crippen molar-refractivity contribution in [3.63, 3.8) is 0 Å². The summed E-state index contributed by atoms with van der Waals surface area (Å²) >= 11 is 17.2. The Morgan fingerprint density at radius 1 is 0.917 bits per heavy atom. The molecule has 0 radical (unpaired) electrons. The Bertz CT molecular complexity index is 1180. The lowest BCUT2D eigenvalue weighted by atomic mass is 10.0. The van der Waals surface area contributed by atoms with Crippen molar-refractivity contribution in [2.75, 3.05) is 5.75 Å². The Labute approximate surface area is 235 Å². The van der Waals surface area contributed by atoms with Gasteiger partial charge in [0.25, 0.3) is 0 Å². The molecule has 0 heterocycles. The lowest BCUT2D eigenvalue weighted by Crippen LogP contribution is -2.52. The van der Waals surface area contributed by atoms with E-state index in [4.69, 9.17) is 23.2 Å². The van der Waals surface area contributed by atoms with Gasteiger partial charge in [-0.15, -0.1) is 11.8 Å². The predicted octanol–water partition coefficient (Wildman–Crippen LogP) is 7.15. The third-order valence-corrected chi connectivity index (χ3v) is 7.64. The van der Waals surface area contributed by atoms with Crippen molar-refractivity contribution in [1.82, 2.24) is 10.2 Å². The molecule has 2 amide bonds. The second-order valence-electron chi connectivity index (χ2n) is 8.76. The lowest BCUT2D eigenvalue weighted by Gasteiger charge is -2.32. The standard InChI is InChI=1S/C28H29BrCl2N2O2S/c1-19(2)32-28(35)26(15-20-7-4-3-5-8-20)33(16-21-9-6-10-23(29)13-21)27(34)18-36-17-22-11-12-24(30)25(31)14-22/h3-14,19,26H,15-18H2,1-2H3,(H,32,35)/t26-/m1/s1. The van der Waals surface area contributed by atoms with E-state index in [-0.39, 0.29) is 23.6 Å². The van der Waals surface area contributed by atoms with Gasteiger partial charge in [-0.3, -0.25) is 9.59 Å². The summed E-state index contributed by atoms with van der Waals surface area (Å²) in [5, 5.41) is 4.01. The van der Waals surface area contributed by atoms with Crippen LogP contribution in [0.5, 0.6) is 0 Å². The fourth-order valence-corrected chi connectivity index (χ4v) is 5.36. The monoisotopic (exact) mass is 606 g/mol. The zero-order chi connectivity index (χ0) is 26.1. The Kier molecular flexibility index (Phi) is 11.2. The summed E-state index contributed by atoms with van der Waals surface area (Å²) in [5.41, 5.74) is 2.93. The van der Waals surface area contributed by atoms with Crippen molar-refractivity contribution >= 4 is 62.7 Å². The fourth-order valence-electron chi connectivity index (χ4n) is 3.74. The van der Waals surface area contributed by atoms with Crippen LogP contribution in [0.1, 0.15) is 30.5 Å². The normalized spacial score (nSPS) is 11.8. The van der Waals surface area contributed by atoms with Crippen molar-refractivity contribution in [2.45, 2.75) is 44.6 Å². The molecule has 0 fully saturated rings. The van der Waals surface area contributed by atoms with Gasteiger partial charge in [0.05, 0.1) is 15.8 Å². The molecule has 190 valence electrons. The highest BCUT2D eigenvalue weighted by molar-refractivity contribution is 9.10. The number of hydrogen-bond acceptors (Lipinski definition) is 3. The molecule has 3 aromatic rings. The maximum atomic E-state index is 13.6. The maximum absolute atomic E-state index is 13.6. The molecule has 0 bridgehead atoms. The lowest BCUT2D eigenvalue weighted by molar-refractivity contribution is -0.139. The fraction of sp³-hybridized carbons (Fsp3) is 0.286. The minimum Gasteiger partial charge on any atom is -0.352 e. The number of carbonyl (C=O) groups is 2. The van der Waals surface area contributed by atoms with Crippen LogP contribution >= 0.6 is 50.9 Å². The van der Waals surface area contributed by atoms with Crippen molar-refractivity contribution in [1.29, 1.82) is 0 Å². The Morgan fingerprint density at radius 2 is 1.64 bits per heavy atom. The van der Waals surface area contributed by atoms with Crippen LogP contribution in [0.2, 0.25) is 10.0 Å². The highest BCUT2D eigenvalue weighted by atomic mass is 79.9. The average Bonchev–Trinajstić information content (AvgIpc) is 2.83. The molecule has 4 nitrogen and oxygen atoms in total. The zero-order valence-electron chi connectivity index (χ0n) is 20.2. The second-order valence-corrected chi connectivity index (χ2v) is 11.5. The van der Waals surface area contributed by atoms with Crippen LogP contribution in [-0.2, 0) is 28.3 Å². The molecule has 0 aliphatic rings. The van der Waals surface area contributed by atoms with Gasteiger partial charge >= 0.3 is 0 Å². The van der Waals surface area contributed by atoms with Gasteiger partial charge in [0.2, 0.25) is 11.8 Å². The largest absolute Gasteiger partial charge is 0.352 e. The van der Waals surface area contributed by atoms with Gasteiger partial charge in [-0.25, -0.2) is 0 Å². The van der Waals surface area contributed by atoms with Gasteiger partial charge in [-0.1, -0.05) is 87.7 Å². The highest BCUT2D eigenvalue weighted by Crippen LogP contribution is 2.25. The number of nitrogens with one attached hydrogen (secondary N) is 1. The summed E-state index contributed by atoms with van der Waals surface area (Å²) < 4.78 is 0.924. The summed E-state index contributed by atoms with van der Waals surface area (Å²) in [6, 6.07) is 22.4. The van der Waals surface area contributed by atoms with Crippen molar-refractivity contribution in [3.05, 3.63) is 104 Å². The molecule has 0 aliphatic carbocycles. The van der Waals surface area contributed by atoms with Crippen molar-refractivity contribution in [3.8, 4) is 0 Å². The number of carbonyl (C=O) groups excluding carboxylic acids is 2. The topological polar surface area (TPSA) is 49.4 Å². The summed E-state index contributed by atoms with van der Waals surface area (Å²) in [7, 11) is 0. The van der Waals surface area contributed by atoms with E-state index in [1.807, 2.05) is 80.6 Å². The van der Waals surface area contributed by atoms with E-state index in [0.717, 1.165) is 21.2 Å². The van der Waals surface area contributed by atoms with Crippen LogP contribution < -0.4 is 5.32 Å². The van der Waals surface area contributed by atoms with Gasteiger partial charge in [-0.05, 0) is 54.8 Å². The molecule has 3 aromatic carbocycles. The number of hydrogen-bond donors (Lipinski definition) is 1. The summed E-state index contributed by atoms with van der Waals surface area (Å²) in [6.07, 6.45) is 0.427. The quantitative estimate of drug-likeness (QED) is 0.252. The van der Waals surface area contributed by atoms with E-state index >= 15 is 0 Å². The van der Waals surface area contributed by atoms with Crippen molar-refractivity contribution < 1.29 is 9.59 Å². The molecule has 0 saturated heterocycles. The molecular formula is C28H29BrCl2N2O2S.